The molecule has 0 aliphatic rings. The molecule has 1 heterocycles. The number of hydrogen-bond donors (Lipinski definition) is 0. The van der Waals surface area contributed by atoms with Gasteiger partial charge >= 0.3 is 0 Å². The quantitative estimate of drug-likeness (QED) is 0.651. The van der Waals surface area contributed by atoms with Crippen LogP contribution >= 0.6 is 11.3 Å². The largest absolute Gasteiger partial charge is 0.117 e. The van der Waals surface area contributed by atoms with Crippen molar-refractivity contribution in [3.05, 3.63) is 20.9 Å². The number of rotatable bonds is 6. The van der Waals surface area contributed by atoms with Crippen molar-refractivity contribution in [1.29, 1.82) is 0 Å². The first kappa shape index (κ1) is 13.9. The maximum atomic E-state index is 5.58. The number of hydrogen-bond acceptors (Lipinski definition) is 1. The van der Waals surface area contributed by atoms with Gasteiger partial charge in [0.25, 0.3) is 0 Å². The van der Waals surface area contributed by atoms with Gasteiger partial charge in [-0.25, -0.2) is 0 Å². The summed E-state index contributed by atoms with van der Waals surface area (Å²) in [6.07, 6.45) is 18.1. The Morgan fingerprint density at radius 1 is 0.882 bits per heavy atom. The van der Waals surface area contributed by atoms with Crippen LogP contribution in [0, 0.1) is 24.7 Å². The summed E-state index contributed by atoms with van der Waals surface area (Å²) in [7, 11) is 0. The van der Waals surface area contributed by atoms with Crippen LogP contribution in [0.15, 0.2) is 0 Å². The van der Waals surface area contributed by atoms with Crippen molar-refractivity contribution in [2.45, 2.75) is 52.4 Å². The SMILES string of the molecule is C#Cc1sc(C#C)c(CCCC)c1CCCC. The fraction of sp³-hybridized carbons (Fsp3) is 0.500. The Bertz CT molecular complexity index is 397. The molecule has 0 unspecified atom stereocenters. The molecule has 0 aliphatic carbocycles. The molecule has 0 nitrogen and oxygen atoms in total. The second-order valence-corrected chi connectivity index (χ2v) is 5.23. The molecule has 1 heteroatoms. The normalized spacial score (nSPS) is 9.88. The van der Waals surface area contributed by atoms with Gasteiger partial charge in [0, 0.05) is 0 Å². The first-order valence-electron chi connectivity index (χ1n) is 6.36. The molecular formula is C16H20S. The van der Waals surface area contributed by atoms with Gasteiger partial charge in [0.05, 0.1) is 9.75 Å². The van der Waals surface area contributed by atoms with E-state index in [1.165, 1.54) is 36.8 Å². The van der Waals surface area contributed by atoms with Crippen molar-refractivity contribution in [3.8, 4) is 24.7 Å². The molecule has 90 valence electrons. The van der Waals surface area contributed by atoms with Gasteiger partial charge in [0.15, 0.2) is 0 Å². The summed E-state index contributed by atoms with van der Waals surface area (Å²) in [5.74, 6) is 5.60. The first-order chi connectivity index (χ1) is 8.28. The summed E-state index contributed by atoms with van der Waals surface area (Å²) in [6.45, 7) is 4.41. The Balaban J connectivity index is 3.07. The highest BCUT2D eigenvalue weighted by molar-refractivity contribution is 7.13. The molecule has 0 atom stereocenters. The van der Waals surface area contributed by atoms with Crippen LogP contribution in [0.1, 0.15) is 60.4 Å². The summed E-state index contributed by atoms with van der Waals surface area (Å²) >= 11 is 1.61. The molecule has 0 aromatic carbocycles. The second kappa shape index (κ2) is 7.21. The average Bonchev–Trinajstić information content (AvgIpc) is 2.70. The monoisotopic (exact) mass is 244 g/mol. The number of terminal acetylenes is 2. The molecule has 1 aromatic rings. The summed E-state index contributed by atoms with van der Waals surface area (Å²) in [5.41, 5.74) is 2.70. The van der Waals surface area contributed by atoms with Gasteiger partial charge in [0.2, 0.25) is 0 Å². The smallest absolute Gasteiger partial charge is 0.0813 e. The highest BCUT2D eigenvalue weighted by Crippen LogP contribution is 2.30. The third kappa shape index (κ3) is 3.39. The van der Waals surface area contributed by atoms with Gasteiger partial charge in [-0.1, -0.05) is 38.5 Å². The van der Waals surface area contributed by atoms with Crippen LogP contribution in [-0.2, 0) is 12.8 Å². The lowest BCUT2D eigenvalue weighted by atomic mass is 9.98. The molecule has 0 radical (unpaired) electrons. The molecule has 0 saturated carbocycles. The summed E-state index contributed by atoms with van der Waals surface area (Å²) < 4.78 is 0. The van der Waals surface area contributed by atoms with Crippen LogP contribution in [0.4, 0.5) is 0 Å². The van der Waals surface area contributed by atoms with E-state index >= 15 is 0 Å². The fourth-order valence-electron chi connectivity index (χ4n) is 1.97. The maximum Gasteiger partial charge on any atom is 0.0813 e. The first-order valence-corrected chi connectivity index (χ1v) is 7.17. The van der Waals surface area contributed by atoms with E-state index in [0.717, 1.165) is 22.6 Å². The van der Waals surface area contributed by atoms with E-state index in [2.05, 4.69) is 25.7 Å². The number of unbranched alkanes of at least 4 members (excludes halogenated alkanes) is 2. The Hall–Kier alpha value is -1.18. The van der Waals surface area contributed by atoms with Crippen molar-refractivity contribution < 1.29 is 0 Å². The van der Waals surface area contributed by atoms with Gasteiger partial charge in [-0.15, -0.1) is 24.2 Å². The molecule has 0 aliphatic heterocycles. The van der Waals surface area contributed by atoms with Crippen LogP contribution in [0.3, 0.4) is 0 Å². The Morgan fingerprint density at radius 3 is 1.59 bits per heavy atom. The minimum Gasteiger partial charge on any atom is -0.117 e. The van der Waals surface area contributed by atoms with E-state index in [1.807, 2.05) is 0 Å². The van der Waals surface area contributed by atoms with Gasteiger partial charge in [0.1, 0.15) is 0 Å². The molecule has 0 fully saturated rings. The third-order valence-electron chi connectivity index (χ3n) is 2.94. The van der Waals surface area contributed by atoms with E-state index in [9.17, 15) is 0 Å². The topological polar surface area (TPSA) is 0 Å². The van der Waals surface area contributed by atoms with Crippen molar-refractivity contribution in [2.24, 2.45) is 0 Å². The van der Waals surface area contributed by atoms with Gasteiger partial charge in [-0.05, 0) is 36.8 Å². The van der Waals surface area contributed by atoms with Crippen LogP contribution in [0.2, 0.25) is 0 Å². The minimum absolute atomic E-state index is 1.05. The van der Waals surface area contributed by atoms with Crippen molar-refractivity contribution in [3.63, 3.8) is 0 Å². The van der Waals surface area contributed by atoms with E-state index in [0.29, 0.717) is 0 Å². The zero-order valence-corrected chi connectivity index (χ0v) is 11.6. The van der Waals surface area contributed by atoms with Gasteiger partial charge in [-0.2, -0.15) is 0 Å². The average molecular weight is 244 g/mol. The van der Waals surface area contributed by atoms with Gasteiger partial charge < -0.3 is 0 Å². The van der Waals surface area contributed by atoms with E-state index < -0.39 is 0 Å². The molecule has 0 amide bonds. The highest BCUT2D eigenvalue weighted by Gasteiger charge is 2.14. The van der Waals surface area contributed by atoms with E-state index in [4.69, 9.17) is 12.8 Å². The van der Waals surface area contributed by atoms with Crippen LogP contribution < -0.4 is 0 Å². The predicted molar refractivity (Wildman–Crippen MR) is 77.4 cm³/mol. The molecule has 0 saturated heterocycles. The molecule has 1 aromatic heterocycles. The van der Waals surface area contributed by atoms with E-state index in [1.54, 1.807) is 11.3 Å². The second-order valence-electron chi connectivity index (χ2n) is 4.21. The molecule has 0 spiro atoms. The van der Waals surface area contributed by atoms with Gasteiger partial charge in [-0.3, -0.25) is 0 Å². The molecular weight excluding hydrogens is 224 g/mol. The zero-order valence-electron chi connectivity index (χ0n) is 10.8. The van der Waals surface area contributed by atoms with Crippen molar-refractivity contribution in [1.82, 2.24) is 0 Å². The lowest BCUT2D eigenvalue weighted by Crippen LogP contribution is -1.94. The maximum absolute atomic E-state index is 5.58. The lowest BCUT2D eigenvalue weighted by Gasteiger charge is -2.05. The minimum atomic E-state index is 1.05. The fourth-order valence-corrected chi connectivity index (χ4v) is 2.99. The third-order valence-corrected chi connectivity index (χ3v) is 4.08. The molecule has 1 rings (SSSR count). The Labute approximate surface area is 109 Å². The summed E-state index contributed by atoms with van der Waals surface area (Å²) in [6, 6.07) is 0. The van der Waals surface area contributed by atoms with E-state index in [-0.39, 0.29) is 0 Å². The molecule has 17 heavy (non-hydrogen) atoms. The van der Waals surface area contributed by atoms with Crippen LogP contribution in [0.25, 0.3) is 0 Å². The predicted octanol–water partition coefficient (Wildman–Crippen LogP) is 4.40. The van der Waals surface area contributed by atoms with Crippen molar-refractivity contribution in [2.75, 3.05) is 0 Å². The van der Waals surface area contributed by atoms with Crippen LogP contribution in [0.5, 0.6) is 0 Å². The standard InChI is InChI=1S/C16H20S/c1-5-9-11-13-14(12-10-6-2)16(8-4)17-15(13)7-3/h3-4H,5-6,9-12H2,1-2H3. The summed E-state index contributed by atoms with van der Waals surface area (Å²) in [4.78, 5) is 2.11. The molecule has 0 bridgehead atoms. The lowest BCUT2D eigenvalue weighted by molar-refractivity contribution is 0.760. The zero-order chi connectivity index (χ0) is 12.7. The number of thiophene rings is 1. The van der Waals surface area contributed by atoms with Crippen molar-refractivity contribution >= 4 is 11.3 Å². The van der Waals surface area contributed by atoms with Crippen LogP contribution in [-0.4, -0.2) is 0 Å². The Kier molecular flexibility index (Phi) is 5.88. The Morgan fingerprint density at radius 2 is 1.29 bits per heavy atom. The molecule has 0 N–H and O–H groups in total. The summed E-state index contributed by atoms with van der Waals surface area (Å²) in [5, 5.41) is 0. The highest BCUT2D eigenvalue weighted by atomic mass is 32.1.